The van der Waals surface area contributed by atoms with Crippen LogP contribution in [-0.4, -0.2) is 18.0 Å². The Morgan fingerprint density at radius 3 is 2.79 bits per heavy atom. The molecule has 0 saturated carbocycles. The molecule has 7 heteroatoms. The van der Waals surface area contributed by atoms with E-state index in [-0.39, 0.29) is 12.3 Å². The summed E-state index contributed by atoms with van der Waals surface area (Å²) in [6.45, 7) is 0.0563. The molecule has 124 valence electrons. The Morgan fingerprint density at radius 1 is 1.29 bits per heavy atom. The maximum Gasteiger partial charge on any atom is 0.331 e. The monoisotopic (exact) mass is 391 g/mol. The van der Waals surface area contributed by atoms with E-state index in [9.17, 15) is 14.9 Å². The molecule has 0 unspecified atom stereocenters. The standard InChI is InChI=1S/C17H14BrNO5/c1-23-16-7-6-14(18)10-13(16)11-24-17(20)8-5-12-3-2-4-15(9-12)19(21)22/h2-10H,11H2,1H3/b8-5+. The van der Waals surface area contributed by atoms with Gasteiger partial charge < -0.3 is 9.47 Å². The number of carbonyl (C=O) groups excluding carboxylic acids is 1. The van der Waals surface area contributed by atoms with Gasteiger partial charge in [0.1, 0.15) is 12.4 Å². The van der Waals surface area contributed by atoms with Crippen molar-refractivity contribution in [1.82, 2.24) is 0 Å². The molecule has 0 aliphatic heterocycles. The lowest BCUT2D eigenvalue weighted by atomic mass is 10.2. The topological polar surface area (TPSA) is 78.7 Å². The minimum Gasteiger partial charge on any atom is -0.496 e. The Balaban J connectivity index is 2.00. The number of benzene rings is 2. The van der Waals surface area contributed by atoms with Crippen molar-refractivity contribution in [3.8, 4) is 5.75 Å². The Labute approximate surface area is 147 Å². The Hall–Kier alpha value is -2.67. The number of nitrogens with zero attached hydrogens (tertiary/aromatic N) is 1. The lowest BCUT2D eigenvalue weighted by Crippen LogP contribution is -2.02. The molecule has 0 aliphatic carbocycles. The van der Waals surface area contributed by atoms with Gasteiger partial charge in [-0.3, -0.25) is 10.1 Å². The van der Waals surface area contributed by atoms with Gasteiger partial charge in [0.15, 0.2) is 0 Å². The first-order chi connectivity index (χ1) is 11.5. The summed E-state index contributed by atoms with van der Waals surface area (Å²) in [6, 6.07) is 11.4. The average Bonchev–Trinajstić information content (AvgIpc) is 2.58. The maximum atomic E-state index is 11.8. The van der Waals surface area contributed by atoms with Crippen molar-refractivity contribution in [2.45, 2.75) is 6.61 Å². The van der Waals surface area contributed by atoms with Crippen LogP contribution in [0.15, 0.2) is 53.0 Å². The molecule has 0 amide bonds. The van der Waals surface area contributed by atoms with E-state index in [1.807, 2.05) is 6.07 Å². The highest BCUT2D eigenvalue weighted by molar-refractivity contribution is 9.10. The summed E-state index contributed by atoms with van der Waals surface area (Å²) in [4.78, 5) is 22.0. The van der Waals surface area contributed by atoms with Crippen LogP contribution in [0.4, 0.5) is 5.69 Å². The van der Waals surface area contributed by atoms with Gasteiger partial charge >= 0.3 is 5.97 Å². The number of nitro benzene ring substituents is 1. The molecule has 0 bridgehead atoms. The molecular weight excluding hydrogens is 378 g/mol. The number of hydrogen-bond acceptors (Lipinski definition) is 5. The first-order valence-corrected chi connectivity index (χ1v) is 7.70. The van der Waals surface area contributed by atoms with Crippen LogP contribution in [0, 0.1) is 10.1 Å². The fourth-order valence-electron chi connectivity index (χ4n) is 1.96. The van der Waals surface area contributed by atoms with Gasteiger partial charge in [0.2, 0.25) is 0 Å². The molecule has 0 spiro atoms. The number of esters is 1. The zero-order valence-electron chi connectivity index (χ0n) is 12.8. The smallest absolute Gasteiger partial charge is 0.331 e. The molecule has 0 saturated heterocycles. The number of ether oxygens (including phenoxy) is 2. The minimum atomic E-state index is -0.552. The number of halogens is 1. The van der Waals surface area contributed by atoms with Crippen molar-refractivity contribution < 1.29 is 19.2 Å². The molecule has 6 nitrogen and oxygen atoms in total. The van der Waals surface area contributed by atoms with Gasteiger partial charge in [0, 0.05) is 28.2 Å². The summed E-state index contributed by atoms with van der Waals surface area (Å²) in [5.74, 6) is 0.0669. The highest BCUT2D eigenvalue weighted by Crippen LogP contribution is 2.23. The Bertz CT molecular complexity index is 788. The fraction of sp³-hybridized carbons (Fsp3) is 0.118. The van der Waals surface area contributed by atoms with Crippen LogP contribution in [0.5, 0.6) is 5.75 Å². The second kappa shape index (κ2) is 8.26. The van der Waals surface area contributed by atoms with Crippen molar-refractivity contribution in [3.05, 3.63) is 74.3 Å². The lowest BCUT2D eigenvalue weighted by Gasteiger charge is -2.08. The van der Waals surface area contributed by atoms with Crippen molar-refractivity contribution in [1.29, 1.82) is 0 Å². The van der Waals surface area contributed by atoms with Gasteiger partial charge in [-0.1, -0.05) is 28.1 Å². The number of nitro groups is 1. The third-order valence-corrected chi connectivity index (χ3v) is 3.60. The first-order valence-electron chi connectivity index (χ1n) is 6.91. The molecule has 0 heterocycles. The molecule has 24 heavy (non-hydrogen) atoms. The maximum absolute atomic E-state index is 11.8. The van der Waals surface area contributed by atoms with E-state index in [4.69, 9.17) is 9.47 Å². The highest BCUT2D eigenvalue weighted by Gasteiger charge is 2.07. The largest absolute Gasteiger partial charge is 0.496 e. The van der Waals surface area contributed by atoms with E-state index >= 15 is 0 Å². The van der Waals surface area contributed by atoms with E-state index in [0.717, 1.165) is 10.0 Å². The molecule has 2 aromatic rings. The van der Waals surface area contributed by atoms with Crippen LogP contribution in [0.25, 0.3) is 6.08 Å². The molecule has 0 N–H and O–H groups in total. The van der Waals surface area contributed by atoms with E-state index < -0.39 is 10.9 Å². The third-order valence-electron chi connectivity index (χ3n) is 3.11. The summed E-state index contributed by atoms with van der Waals surface area (Å²) in [5, 5.41) is 10.7. The van der Waals surface area contributed by atoms with Gasteiger partial charge in [-0.05, 0) is 29.8 Å². The normalized spacial score (nSPS) is 10.6. The summed E-state index contributed by atoms with van der Waals surface area (Å²) in [7, 11) is 1.54. The zero-order chi connectivity index (χ0) is 17.5. The van der Waals surface area contributed by atoms with E-state index in [1.54, 1.807) is 24.3 Å². The summed E-state index contributed by atoms with van der Waals surface area (Å²) in [5.41, 5.74) is 1.23. The van der Waals surface area contributed by atoms with Crippen LogP contribution in [0.3, 0.4) is 0 Å². The Morgan fingerprint density at radius 2 is 2.08 bits per heavy atom. The Kier molecular flexibility index (Phi) is 6.08. The highest BCUT2D eigenvalue weighted by atomic mass is 79.9. The SMILES string of the molecule is COc1ccc(Br)cc1COC(=O)/C=C/c1cccc([N+](=O)[O-])c1. The first kappa shape index (κ1) is 17.7. The van der Waals surface area contributed by atoms with Crippen LogP contribution < -0.4 is 4.74 Å². The molecule has 0 radical (unpaired) electrons. The summed E-state index contributed by atoms with van der Waals surface area (Å²) >= 11 is 3.35. The lowest BCUT2D eigenvalue weighted by molar-refractivity contribution is -0.384. The average molecular weight is 392 g/mol. The minimum absolute atomic E-state index is 0.0376. The second-order valence-electron chi connectivity index (χ2n) is 4.75. The van der Waals surface area contributed by atoms with E-state index in [2.05, 4.69) is 15.9 Å². The van der Waals surface area contributed by atoms with E-state index in [1.165, 1.54) is 31.4 Å². The van der Waals surface area contributed by atoms with Crippen molar-refractivity contribution in [2.75, 3.05) is 7.11 Å². The molecule has 0 aromatic heterocycles. The number of carbonyl (C=O) groups is 1. The second-order valence-corrected chi connectivity index (χ2v) is 5.66. The van der Waals surface area contributed by atoms with Crippen LogP contribution in [0.2, 0.25) is 0 Å². The van der Waals surface area contributed by atoms with Gasteiger partial charge in [0.25, 0.3) is 5.69 Å². The number of methoxy groups -OCH3 is 1. The molecule has 2 aromatic carbocycles. The predicted octanol–water partition coefficient (Wildman–Crippen LogP) is 4.12. The molecule has 0 fully saturated rings. The van der Waals surface area contributed by atoms with Gasteiger partial charge in [0.05, 0.1) is 12.0 Å². The summed E-state index contributed by atoms with van der Waals surface area (Å²) < 4.78 is 11.2. The van der Waals surface area contributed by atoms with Gasteiger partial charge in [-0.25, -0.2) is 4.79 Å². The van der Waals surface area contributed by atoms with E-state index in [0.29, 0.717) is 11.3 Å². The molecule has 0 aliphatic rings. The van der Waals surface area contributed by atoms with Gasteiger partial charge in [-0.15, -0.1) is 0 Å². The molecule has 2 rings (SSSR count). The van der Waals surface area contributed by atoms with Crippen LogP contribution in [-0.2, 0) is 16.1 Å². The van der Waals surface area contributed by atoms with Crippen LogP contribution >= 0.6 is 15.9 Å². The zero-order valence-corrected chi connectivity index (χ0v) is 14.4. The quantitative estimate of drug-likeness (QED) is 0.320. The fourth-order valence-corrected chi connectivity index (χ4v) is 2.37. The predicted molar refractivity (Wildman–Crippen MR) is 92.6 cm³/mol. The molecular formula is C17H14BrNO5. The number of rotatable bonds is 6. The summed E-state index contributed by atoms with van der Waals surface area (Å²) in [6.07, 6.45) is 2.69. The third kappa shape index (κ3) is 4.92. The van der Waals surface area contributed by atoms with Crippen LogP contribution in [0.1, 0.15) is 11.1 Å². The molecule has 0 atom stereocenters. The van der Waals surface area contributed by atoms with Crippen molar-refractivity contribution >= 4 is 33.7 Å². The van der Waals surface area contributed by atoms with Gasteiger partial charge in [-0.2, -0.15) is 0 Å². The number of non-ortho nitro benzene ring substituents is 1. The van der Waals surface area contributed by atoms with Crippen molar-refractivity contribution in [3.63, 3.8) is 0 Å². The van der Waals surface area contributed by atoms with Crippen molar-refractivity contribution in [2.24, 2.45) is 0 Å². The number of hydrogen-bond donors (Lipinski definition) is 0.